The van der Waals surface area contributed by atoms with E-state index in [-0.39, 0.29) is 0 Å². The van der Waals surface area contributed by atoms with Crippen molar-refractivity contribution >= 4 is 11.6 Å². The van der Waals surface area contributed by atoms with Crippen LogP contribution in [0.25, 0.3) is 0 Å². The van der Waals surface area contributed by atoms with E-state index in [1.807, 2.05) is 0 Å². The maximum Gasteiger partial charge on any atom is 0.0263 e. The lowest BCUT2D eigenvalue weighted by Gasteiger charge is -2.00. The summed E-state index contributed by atoms with van der Waals surface area (Å²) in [7, 11) is 0. The van der Waals surface area contributed by atoms with Crippen molar-refractivity contribution in [3.8, 4) is 0 Å². The Balaban J connectivity index is 2.74. The quantitative estimate of drug-likeness (QED) is 0.609. The molecule has 1 rings (SSSR count). The third kappa shape index (κ3) is 2.55. The Morgan fingerprint density at radius 2 is 2.00 bits per heavy atom. The van der Waals surface area contributed by atoms with Gasteiger partial charge in [-0.3, -0.25) is 0 Å². The van der Waals surface area contributed by atoms with E-state index < -0.39 is 0 Å². The molecular formula is C10H13Cl. The van der Waals surface area contributed by atoms with Crippen LogP contribution in [0.1, 0.15) is 18.1 Å². The zero-order chi connectivity index (χ0) is 8.10. The fraction of sp³-hybridized carbons (Fsp3) is 0.400. The van der Waals surface area contributed by atoms with Crippen LogP contribution >= 0.6 is 11.6 Å². The molecule has 0 amide bonds. The van der Waals surface area contributed by atoms with Gasteiger partial charge in [0.1, 0.15) is 0 Å². The van der Waals surface area contributed by atoms with E-state index in [4.69, 9.17) is 11.6 Å². The molecule has 0 nitrogen and oxygen atoms in total. The molecule has 0 heterocycles. The lowest BCUT2D eigenvalue weighted by atomic mass is 10.1. The smallest absolute Gasteiger partial charge is 0.0263 e. The van der Waals surface area contributed by atoms with E-state index in [1.165, 1.54) is 11.1 Å². The Hall–Kier alpha value is -0.490. The van der Waals surface area contributed by atoms with Crippen LogP contribution in [0.4, 0.5) is 0 Å². The first-order valence-corrected chi connectivity index (χ1v) is 4.54. The van der Waals surface area contributed by atoms with Crippen molar-refractivity contribution in [3.05, 3.63) is 35.4 Å². The van der Waals surface area contributed by atoms with Gasteiger partial charge in [0.25, 0.3) is 0 Å². The van der Waals surface area contributed by atoms with Gasteiger partial charge in [-0.2, -0.15) is 0 Å². The molecule has 0 radical (unpaired) electrons. The Morgan fingerprint density at radius 3 is 2.64 bits per heavy atom. The molecule has 60 valence electrons. The Bertz CT molecular complexity index is 218. The lowest BCUT2D eigenvalue weighted by molar-refractivity contribution is 1.09. The van der Waals surface area contributed by atoms with Crippen LogP contribution in [-0.2, 0) is 12.8 Å². The number of halogens is 1. The summed E-state index contributed by atoms with van der Waals surface area (Å²) in [5, 5.41) is 0. The highest BCUT2D eigenvalue weighted by atomic mass is 35.5. The van der Waals surface area contributed by atoms with Crippen molar-refractivity contribution in [1.29, 1.82) is 0 Å². The molecule has 0 N–H and O–H groups in total. The Morgan fingerprint density at radius 1 is 1.27 bits per heavy atom. The molecule has 0 unspecified atom stereocenters. The van der Waals surface area contributed by atoms with Gasteiger partial charge in [0.2, 0.25) is 0 Å². The monoisotopic (exact) mass is 168 g/mol. The largest absolute Gasteiger partial charge is 0.126 e. The number of alkyl halides is 1. The molecule has 0 aliphatic rings. The van der Waals surface area contributed by atoms with Gasteiger partial charge in [0.05, 0.1) is 0 Å². The van der Waals surface area contributed by atoms with Crippen molar-refractivity contribution < 1.29 is 0 Å². The highest BCUT2D eigenvalue weighted by Gasteiger charge is 1.92. The third-order valence-electron chi connectivity index (χ3n) is 1.78. The van der Waals surface area contributed by atoms with Crippen LogP contribution in [-0.4, -0.2) is 5.88 Å². The molecule has 1 aromatic rings. The topological polar surface area (TPSA) is 0 Å². The molecule has 0 spiro atoms. The maximum absolute atomic E-state index is 5.63. The van der Waals surface area contributed by atoms with Crippen LogP contribution in [0.2, 0.25) is 0 Å². The second-order valence-corrected chi connectivity index (χ2v) is 2.99. The lowest BCUT2D eigenvalue weighted by Crippen LogP contribution is -1.87. The number of hydrogen-bond donors (Lipinski definition) is 0. The third-order valence-corrected chi connectivity index (χ3v) is 1.97. The normalized spacial score (nSPS) is 10.0. The van der Waals surface area contributed by atoms with E-state index >= 15 is 0 Å². The molecule has 0 saturated heterocycles. The van der Waals surface area contributed by atoms with Gasteiger partial charge in [-0.05, 0) is 24.0 Å². The van der Waals surface area contributed by atoms with Crippen molar-refractivity contribution in [2.45, 2.75) is 19.8 Å². The molecule has 1 heteroatoms. The van der Waals surface area contributed by atoms with Gasteiger partial charge >= 0.3 is 0 Å². The number of hydrogen-bond acceptors (Lipinski definition) is 0. The minimum absolute atomic E-state index is 0.715. The summed E-state index contributed by atoms with van der Waals surface area (Å²) >= 11 is 5.63. The van der Waals surface area contributed by atoms with Crippen molar-refractivity contribution in [3.63, 3.8) is 0 Å². The summed E-state index contributed by atoms with van der Waals surface area (Å²) in [5.74, 6) is 0.715. The van der Waals surface area contributed by atoms with Crippen LogP contribution in [0.15, 0.2) is 24.3 Å². The highest BCUT2D eigenvalue weighted by Crippen LogP contribution is 2.06. The van der Waals surface area contributed by atoms with Crippen molar-refractivity contribution in [2.24, 2.45) is 0 Å². The average molecular weight is 169 g/mol. The highest BCUT2D eigenvalue weighted by molar-refractivity contribution is 6.17. The molecular weight excluding hydrogens is 156 g/mol. The molecule has 0 atom stereocenters. The number of aryl methyl sites for hydroxylation is 2. The Kier molecular flexibility index (Phi) is 3.44. The molecule has 1 aromatic carbocycles. The van der Waals surface area contributed by atoms with Crippen molar-refractivity contribution in [2.75, 3.05) is 5.88 Å². The first kappa shape index (κ1) is 8.61. The molecule has 0 saturated carbocycles. The molecule has 0 aliphatic heterocycles. The predicted molar refractivity (Wildman–Crippen MR) is 50.2 cm³/mol. The molecule has 11 heavy (non-hydrogen) atoms. The SMILES string of the molecule is CCc1cccc(CCCl)c1. The van der Waals surface area contributed by atoms with E-state index in [0.717, 1.165) is 12.8 Å². The van der Waals surface area contributed by atoms with Gasteiger partial charge in [-0.1, -0.05) is 31.2 Å². The minimum Gasteiger partial charge on any atom is -0.126 e. The van der Waals surface area contributed by atoms with E-state index in [2.05, 4.69) is 31.2 Å². The minimum atomic E-state index is 0.715. The summed E-state index contributed by atoms with van der Waals surface area (Å²) in [6.45, 7) is 2.17. The van der Waals surface area contributed by atoms with Gasteiger partial charge in [-0.25, -0.2) is 0 Å². The molecule has 0 aliphatic carbocycles. The van der Waals surface area contributed by atoms with Gasteiger partial charge < -0.3 is 0 Å². The van der Waals surface area contributed by atoms with E-state index in [9.17, 15) is 0 Å². The first-order chi connectivity index (χ1) is 5.36. The second kappa shape index (κ2) is 4.40. The molecule has 0 bridgehead atoms. The summed E-state index contributed by atoms with van der Waals surface area (Å²) in [4.78, 5) is 0. The fourth-order valence-electron chi connectivity index (χ4n) is 1.11. The predicted octanol–water partition coefficient (Wildman–Crippen LogP) is 3.03. The molecule has 0 fully saturated rings. The average Bonchev–Trinajstić information content (AvgIpc) is 2.06. The second-order valence-electron chi connectivity index (χ2n) is 2.61. The summed E-state index contributed by atoms with van der Waals surface area (Å²) in [5.41, 5.74) is 2.74. The first-order valence-electron chi connectivity index (χ1n) is 4.00. The van der Waals surface area contributed by atoms with Gasteiger partial charge in [0.15, 0.2) is 0 Å². The summed E-state index contributed by atoms with van der Waals surface area (Å²) in [6, 6.07) is 8.60. The van der Waals surface area contributed by atoms with Gasteiger partial charge in [-0.15, -0.1) is 11.6 Å². The number of rotatable bonds is 3. The van der Waals surface area contributed by atoms with Crippen molar-refractivity contribution in [1.82, 2.24) is 0 Å². The van der Waals surface area contributed by atoms with Crippen LogP contribution < -0.4 is 0 Å². The summed E-state index contributed by atoms with van der Waals surface area (Å²) < 4.78 is 0. The molecule has 0 aromatic heterocycles. The van der Waals surface area contributed by atoms with Crippen LogP contribution in [0, 0.1) is 0 Å². The van der Waals surface area contributed by atoms with E-state index in [1.54, 1.807) is 0 Å². The number of benzene rings is 1. The Labute approximate surface area is 73.2 Å². The zero-order valence-electron chi connectivity index (χ0n) is 6.81. The van der Waals surface area contributed by atoms with Crippen LogP contribution in [0.5, 0.6) is 0 Å². The summed E-state index contributed by atoms with van der Waals surface area (Å²) in [6.07, 6.45) is 2.09. The fourth-order valence-corrected chi connectivity index (χ4v) is 1.33. The van der Waals surface area contributed by atoms with E-state index in [0.29, 0.717) is 5.88 Å². The maximum atomic E-state index is 5.63. The van der Waals surface area contributed by atoms with Crippen LogP contribution in [0.3, 0.4) is 0 Å². The van der Waals surface area contributed by atoms with Gasteiger partial charge in [0, 0.05) is 5.88 Å². The standard InChI is InChI=1S/C10H13Cl/c1-2-9-4-3-5-10(8-9)6-7-11/h3-5,8H,2,6-7H2,1H3. The zero-order valence-corrected chi connectivity index (χ0v) is 7.56.